The van der Waals surface area contributed by atoms with Gasteiger partial charge in [-0.3, -0.25) is 4.79 Å². The van der Waals surface area contributed by atoms with Crippen LogP contribution in [0.5, 0.6) is 11.5 Å². The molecule has 1 aliphatic heterocycles. The zero-order chi connectivity index (χ0) is 18.4. The molecule has 1 aliphatic rings. The number of rotatable bonds is 6. The number of carbonyl (C=O) groups excluding carboxylic acids is 1. The third-order valence-electron chi connectivity index (χ3n) is 4.62. The van der Waals surface area contributed by atoms with E-state index in [0.717, 1.165) is 31.5 Å². The van der Waals surface area contributed by atoms with Gasteiger partial charge in [0.25, 0.3) is 0 Å². The lowest BCUT2D eigenvalue weighted by molar-refractivity contribution is -0.131. The molecule has 0 unspecified atom stereocenters. The number of nitrogens with zero attached hydrogens (tertiary/aromatic N) is 3. The van der Waals surface area contributed by atoms with Crippen molar-refractivity contribution in [2.24, 2.45) is 0 Å². The van der Waals surface area contributed by atoms with E-state index in [0.29, 0.717) is 36.1 Å². The van der Waals surface area contributed by atoms with Gasteiger partial charge in [-0.15, -0.1) is 0 Å². The summed E-state index contributed by atoms with van der Waals surface area (Å²) in [6.07, 6.45) is 5.46. The Labute approximate surface area is 153 Å². The maximum atomic E-state index is 12.4. The molecule has 1 aromatic carbocycles. The van der Waals surface area contributed by atoms with Crippen LogP contribution in [-0.4, -0.2) is 48.3 Å². The minimum Gasteiger partial charge on any atom is -0.493 e. The summed E-state index contributed by atoms with van der Waals surface area (Å²) < 4.78 is 15.8. The Balaban J connectivity index is 1.62. The highest BCUT2D eigenvalue weighted by Crippen LogP contribution is 2.31. The Morgan fingerprint density at radius 2 is 1.85 bits per heavy atom. The molecule has 0 radical (unpaired) electrons. The van der Waals surface area contributed by atoms with Crippen LogP contribution in [-0.2, 0) is 11.2 Å². The first-order valence-electron chi connectivity index (χ1n) is 9.04. The van der Waals surface area contributed by atoms with E-state index in [9.17, 15) is 4.79 Å². The van der Waals surface area contributed by atoms with Crippen molar-refractivity contribution in [3.8, 4) is 22.9 Å². The first kappa shape index (κ1) is 18.2. The summed E-state index contributed by atoms with van der Waals surface area (Å²) >= 11 is 0. The van der Waals surface area contributed by atoms with E-state index >= 15 is 0 Å². The highest BCUT2D eigenvalue weighted by molar-refractivity contribution is 5.76. The second kappa shape index (κ2) is 8.69. The summed E-state index contributed by atoms with van der Waals surface area (Å²) in [5.41, 5.74) is 0.775. The number of hydrogen-bond donors (Lipinski definition) is 0. The molecule has 26 heavy (non-hydrogen) atoms. The van der Waals surface area contributed by atoms with Gasteiger partial charge >= 0.3 is 0 Å². The van der Waals surface area contributed by atoms with Crippen LogP contribution in [0.3, 0.4) is 0 Å². The summed E-state index contributed by atoms with van der Waals surface area (Å²) in [6, 6.07) is 5.45. The van der Waals surface area contributed by atoms with Gasteiger partial charge < -0.3 is 18.9 Å². The number of methoxy groups -OCH3 is 2. The number of aryl methyl sites for hydroxylation is 1. The molecule has 0 bridgehead atoms. The quantitative estimate of drug-likeness (QED) is 0.789. The maximum absolute atomic E-state index is 12.4. The molecule has 7 heteroatoms. The number of ether oxygens (including phenoxy) is 2. The average molecular weight is 359 g/mol. The summed E-state index contributed by atoms with van der Waals surface area (Å²) in [5, 5.41) is 4.02. The van der Waals surface area contributed by atoms with Gasteiger partial charge in [-0.2, -0.15) is 4.98 Å². The molecule has 0 aliphatic carbocycles. The Hall–Kier alpha value is -2.57. The molecule has 140 valence electrons. The summed E-state index contributed by atoms with van der Waals surface area (Å²) in [5.74, 6) is 2.36. The standard InChI is InChI=1S/C19H25N3O4/c1-24-15-8-7-14(13-16(15)25-2)19-20-17(26-21-19)9-10-18(23)22-11-5-3-4-6-12-22/h7-8,13H,3-6,9-12H2,1-2H3. The largest absolute Gasteiger partial charge is 0.493 e. The number of carbonyl (C=O) groups is 1. The first-order valence-corrected chi connectivity index (χ1v) is 9.04. The van der Waals surface area contributed by atoms with Gasteiger partial charge in [-0.05, 0) is 31.0 Å². The van der Waals surface area contributed by atoms with Crippen molar-refractivity contribution in [1.29, 1.82) is 0 Å². The van der Waals surface area contributed by atoms with E-state index in [-0.39, 0.29) is 5.91 Å². The van der Waals surface area contributed by atoms with Crippen molar-refractivity contribution >= 4 is 5.91 Å². The van der Waals surface area contributed by atoms with Crippen LogP contribution in [0.4, 0.5) is 0 Å². The Morgan fingerprint density at radius 1 is 1.12 bits per heavy atom. The minimum absolute atomic E-state index is 0.165. The molecule has 0 atom stereocenters. The summed E-state index contributed by atoms with van der Waals surface area (Å²) in [4.78, 5) is 18.7. The number of aromatic nitrogens is 2. The highest BCUT2D eigenvalue weighted by Gasteiger charge is 2.17. The van der Waals surface area contributed by atoms with Crippen LogP contribution in [0.15, 0.2) is 22.7 Å². The van der Waals surface area contributed by atoms with Gasteiger partial charge in [-0.25, -0.2) is 0 Å². The van der Waals surface area contributed by atoms with E-state index in [1.165, 1.54) is 12.8 Å². The highest BCUT2D eigenvalue weighted by atomic mass is 16.5. The van der Waals surface area contributed by atoms with Gasteiger partial charge in [0.2, 0.25) is 17.6 Å². The topological polar surface area (TPSA) is 77.7 Å². The zero-order valence-electron chi connectivity index (χ0n) is 15.4. The molecule has 1 saturated heterocycles. The van der Waals surface area contributed by atoms with Crippen LogP contribution in [0.25, 0.3) is 11.4 Å². The Morgan fingerprint density at radius 3 is 2.54 bits per heavy atom. The van der Waals surface area contributed by atoms with Crippen molar-refractivity contribution in [1.82, 2.24) is 15.0 Å². The summed E-state index contributed by atoms with van der Waals surface area (Å²) in [6.45, 7) is 1.72. The second-order valence-electron chi connectivity index (χ2n) is 6.38. The molecule has 1 aromatic heterocycles. The SMILES string of the molecule is COc1ccc(-c2noc(CCC(=O)N3CCCCCC3)n2)cc1OC. The lowest BCUT2D eigenvalue weighted by atomic mass is 10.2. The van der Waals surface area contributed by atoms with Gasteiger partial charge in [0.15, 0.2) is 11.5 Å². The number of hydrogen-bond acceptors (Lipinski definition) is 6. The molecule has 1 fully saturated rings. The van der Waals surface area contributed by atoms with Crippen molar-refractivity contribution in [3.63, 3.8) is 0 Å². The van der Waals surface area contributed by atoms with Crippen molar-refractivity contribution in [2.75, 3.05) is 27.3 Å². The first-order chi connectivity index (χ1) is 12.7. The molecule has 0 N–H and O–H groups in total. The molecule has 0 spiro atoms. The van der Waals surface area contributed by atoms with Crippen LogP contribution >= 0.6 is 0 Å². The predicted octanol–water partition coefficient (Wildman–Crippen LogP) is 3.09. The van der Waals surface area contributed by atoms with Gasteiger partial charge in [-0.1, -0.05) is 18.0 Å². The van der Waals surface area contributed by atoms with Crippen molar-refractivity contribution in [2.45, 2.75) is 38.5 Å². The average Bonchev–Trinajstić information content (AvgIpc) is 2.98. The smallest absolute Gasteiger partial charge is 0.227 e. The molecule has 7 nitrogen and oxygen atoms in total. The molecule has 1 amide bonds. The van der Waals surface area contributed by atoms with Crippen molar-refractivity contribution < 1.29 is 18.8 Å². The minimum atomic E-state index is 0.165. The van der Waals surface area contributed by atoms with Crippen LogP contribution in [0, 0.1) is 0 Å². The molecule has 2 heterocycles. The number of amides is 1. The lowest BCUT2D eigenvalue weighted by Crippen LogP contribution is -2.31. The normalized spacial score (nSPS) is 14.8. The molecule has 0 saturated carbocycles. The lowest BCUT2D eigenvalue weighted by Gasteiger charge is -2.19. The maximum Gasteiger partial charge on any atom is 0.227 e. The fraction of sp³-hybridized carbons (Fsp3) is 0.526. The number of likely N-dealkylation sites (tertiary alicyclic amines) is 1. The summed E-state index contributed by atoms with van der Waals surface area (Å²) in [7, 11) is 3.17. The van der Waals surface area contributed by atoms with E-state index in [1.54, 1.807) is 26.4 Å². The third kappa shape index (κ3) is 4.33. The van der Waals surface area contributed by atoms with E-state index in [1.807, 2.05) is 11.0 Å². The molecule has 2 aromatic rings. The van der Waals surface area contributed by atoms with E-state index in [2.05, 4.69) is 10.1 Å². The monoisotopic (exact) mass is 359 g/mol. The van der Waals surface area contributed by atoms with Gasteiger partial charge in [0.05, 0.1) is 14.2 Å². The molecular weight excluding hydrogens is 334 g/mol. The Kier molecular flexibility index (Phi) is 6.09. The van der Waals surface area contributed by atoms with Gasteiger partial charge in [0.1, 0.15) is 0 Å². The molecule has 3 rings (SSSR count). The van der Waals surface area contributed by atoms with Crippen molar-refractivity contribution in [3.05, 3.63) is 24.1 Å². The third-order valence-corrected chi connectivity index (χ3v) is 4.62. The second-order valence-corrected chi connectivity index (χ2v) is 6.38. The van der Waals surface area contributed by atoms with Crippen LogP contribution < -0.4 is 9.47 Å². The van der Waals surface area contributed by atoms with Crippen LogP contribution in [0.2, 0.25) is 0 Å². The van der Waals surface area contributed by atoms with Crippen LogP contribution in [0.1, 0.15) is 38.0 Å². The fourth-order valence-electron chi connectivity index (χ4n) is 3.14. The van der Waals surface area contributed by atoms with Gasteiger partial charge in [0, 0.05) is 31.5 Å². The molecular formula is C19H25N3O4. The Bertz CT molecular complexity index is 736. The predicted molar refractivity (Wildman–Crippen MR) is 96.2 cm³/mol. The number of benzene rings is 1. The van der Waals surface area contributed by atoms with E-state index in [4.69, 9.17) is 14.0 Å². The van der Waals surface area contributed by atoms with E-state index < -0.39 is 0 Å². The fourth-order valence-corrected chi connectivity index (χ4v) is 3.14. The zero-order valence-corrected chi connectivity index (χ0v) is 15.4.